The number of pyridine rings is 1. The van der Waals surface area contributed by atoms with E-state index < -0.39 is 5.60 Å². The molecule has 0 radical (unpaired) electrons. The Kier molecular flexibility index (Phi) is 5.49. The van der Waals surface area contributed by atoms with Crippen molar-refractivity contribution in [3.8, 4) is 0 Å². The van der Waals surface area contributed by atoms with Crippen molar-refractivity contribution in [1.82, 2.24) is 14.8 Å². The lowest BCUT2D eigenvalue weighted by atomic mass is 10.1. The third kappa shape index (κ3) is 5.08. The molecule has 21 heavy (non-hydrogen) atoms. The molecule has 6 heteroatoms. The van der Waals surface area contributed by atoms with Gasteiger partial charge in [0.05, 0.1) is 5.60 Å². The average molecular weight is 332 g/mol. The normalized spacial score (nSPS) is 18.2. The van der Waals surface area contributed by atoms with E-state index in [1.807, 2.05) is 26.8 Å². The number of halogens is 2. The number of aryl methyl sites for hydroxylation is 1. The van der Waals surface area contributed by atoms with Crippen molar-refractivity contribution < 1.29 is 5.11 Å². The topological polar surface area (TPSA) is 39.6 Å². The molecule has 1 fully saturated rings. The molecule has 0 atom stereocenters. The molecular weight excluding hydrogens is 309 g/mol. The summed E-state index contributed by atoms with van der Waals surface area (Å²) in [6.45, 7) is 10.8. The van der Waals surface area contributed by atoms with E-state index in [2.05, 4.69) is 14.8 Å². The predicted molar refractivity (Wildman–Crippen MR) is 87.0 cm³/mol. The maximum atomic E-state index is 9.87. The van der Waals surface area contributed by atoms with E-state index in [9.17, 15) is 5.11 Å². The summed E-state index contributed by atoms with van der Waals surface area (Å²) in [6, 6.07) is 1.85. The highest BCUT2D eigenvalue weighted by Crippen LogP contribution is 2.25. The highest BCUT2D eigenvalue weighted by molar-refractivity contribution is 6.35. The van der Waals surface area contributed by atoms with Crippen molar-refractivity contribution in [2.45, 2.75) is 32.9 Å². The second kappa shape index (κ2) is 6.80. The summed E-state index contributed by atoms with van der Waals surface area (Å²) in [5, 5.41) is 11.1. The lowest BCUT2D eigenvalue weighted by Gasteiger charge is -2.37. The summed E-state index contributed by atoms with van der Waals surface area (Å²) in [7, 11) is 0. The number of aliphatic hydroxyl groups is 1. The molecule has 0 unspecified atom stereocenters. The van der Waals surface area contributed by atoms with Gasteiger partial charge in [-0.05, 0) is 26.8 Å². The van der Waals surface area contributed by atoms with Gasteiger partial charge in [0.25, 0.3) is 0 Å². The summed E-state index contributed by atoms with van der Waals surface area (Å²) < 4.78 is 0. The molecule has 1 aromatic heterocycles. The quantitative estimate of drug-likeness (QED) is 0.861. The van der Waals surface area contributed by atoms with E-state index in [4.69, 9.17) is 23.2 Å². The Morgan fingerprint density at radius 3 is 2.29 bits per heavy atom. The molecule has 0 amide bonds. The van der Waals surface area contributed by atoms with Crippen LogP contribution in [0.1, 0.15) is 25.1 Å². The third-order valence-electron chi connectivity index (χ3n) is 3.60. The minimum absolute atomic E-state index is 0.499. The van der Waals surface area contributed by atoms with Gasteiger partial charge in [-0.15, -0.1) is 0 Å². The molecule has 0 spiro atoms. The summed E-state index contributed by atoms with van der Waals surface area (Å²) >= 11 is 12.5. The standard InChI is InChI=1S/C15H23Cl2N3O/c1-11-8-13(16)12(14(17)18-11)9-19-4-6-20(7-5-19)10-15(2,3)21/h8,21H,4-7,9-10H2,1-3H3. The maximum absolute atomic E-state index is 9.87. The summed E-state index contributed by atoms with van der Waals surface area (Å²) in [5.41, 5.74) is 1.10. The van der Waals surface area contributed by atoms with E-state index in [1.165, 1.54) is 0 Å². The minimum Gasteiger partial charge on any atom is -0.389 e. The molecule has 1 N–H and O–H groups in total. The zero-order chi connectivity index (χ0) is 15.6. The summed E-state index contributed by atoms with van der Waals surface area (Å²) in [6.07, 6.45) is 0. The van der Waals surface area contributed by atoms with Gasteiger partial charge in [0.15, 0.2) is 0 Å². The van der Waals surface area contributed by atoms with Gasteiger partial charge in [-0.25, -0.2) is 4.98 Å². The van der Waals surface area contributed by atoms with Crippen LogP contribution < -0.4 is 0 Å². The molecule has 0 bridgehead atoms. The Bertz CT molecular complexity index is 471. The first-order valence-corrected chi connectivity index (χ1v) is 7.99. The van der Waals surface area contributed by atoms with Crippen molar-refractivity contribution in [1.29, 1.82) is 0 Å². The lowest BCUT2D eigenvalue weighted by molar-refractivity contribution is 0.0167. The number of rotatable bonds is 4. The zero-order valence-electron chi connectivity index (χ0n) is 12.9. The van der Waals surface area contributed by atoms with Crippen molar-refractivity contribution in [2.24, 2.45) is 0 Å². The van der Waals surface area contributed by atoms with Gasteiger partial charge in [0.1, 0.15) is 5.15 Å². The Morgan fingerprint density at radius 1 is 1.19 bits per heavy atom. The van der Waals surface area contributed by atoms with Crippen LogP contribution in [0, 0.1) is 6.92 Å². The lowest BCUT2D eigenvalue weighted by Crippen LogP contribution is -2.50. The molecule has 1 aromatic rings. The first-order chi connectivity index (χ1) is 9.74. The first-order valence-electron chi connectivity index (χ1n) is 7.23. The highest BCUT2D eigenvalue weighted by Gasteiger charge is 2.23. The molecule has 1 saturated heterocycles. The van der Waals surface area contributed by atoms with E-state index in [-0.39, 0.29) is 0 Å². The van der Waals surface area contributed by atoms with Crippen LogP contribution in [-0.4, -0.2) is 58.2 Å². The molecule has 4 nitrogen and oxygen atoms in total. The minimum atomic E-state index is -0.643. The zero-order valence-corrected chi connectivity index (χ0v) is 14.4. The van der Waals surface area contributed by atoms with Crippen LogP contribution in [0.25, 0.3) is 0 Å². The largest absolute Gasteiger partial charge is 0.389 e. The SMILES string of the molecule is Cc1cc(Cl)c(CN2CCN(CC(C)(C)O)CC2)c(Cl)n1. The van der Waals surface area contributed by atoms with Gasteiger partial charge < -0.3 is 5.11 Å². The molecule has 118 valence electrons. The Morgan fingerprint density at radius 2 is 1.76 bits per heavy atom. The molecule has 2 heterocycles. The van der Waals surface area contributed by atoms with Crippen LogP contribution in [0.15, 0.2) is 6.07 Å². The van der Waals surface area contributed by atoms with Gasteiger partial charge in [0, 0.05) is 55.5 Å². The Balaban J connectivity index is 1.92. The fourth-order valence-corrected chi connectivity index (χ4v) is 3.29. The highest BCUT2D eigenvalue weighted by atomic mass is 35.5. The Labute approximate surface area is 136 Å². The van der Waals surface area contributed by atoms with Gasteiger partial charge in [0.2, 0.25) is 0 Å². The molecule has 0 aliphatic carbocycles. The van der Waals surface area contributed by atoms with Crippen molar-refractivity contribution in [3.05, 3.63) is 27.5 Å². The number of aromatic nitrogens is 1. The monoisotopic (exact) mass is 331 g/mol. The van der Waals surface area contributed by atoms with E-state index in [0.717, 1.165) is 44.0 Å². The number of piperazine rings is 1. The second-order valence-corrected chi connectivity index (χ2v) is 7.14. The Hall–Kier alpha value is -0.390. The van der Waals surface area contributed by atoms with Crippen molar-refractivity contribution >= 4 is 23.2 Å². The molecule has 0 saturated carbocycles. The number of hydrogen-bond donors (Lipinski definition) is 1. The van der Waals surface area contributed by atoms with Crippen molar-refractivity contribution in [3.63, 3.8) is 0 Å². The number of nitrogens with zero attached hydrogens (tertiary/aromatic N) is 3. The van der Waals surface area contributed by atoms with Gasteiger partial charge >= 0.3 is 0 Å². The predicted octanol–water partition coefficient (Wildman–Crippen LogP) is 2.59. The van der Waals surface area contributed by atoms with Crippen molar-refractivity contribution in [2.75, 3.05) is 32.7 Å². The van der Waals surface area contributed by atoms with E-state index in [0.29, 0.717) is 16.7 Å². The van der Waals surface area contributed by atoms with E-state index >= 15 is 0 Å². The average Bonchev–Trinajstić information content (AvgIpc) is 2.34. The van der Waals surface area contributed by atoms with Gasteiger partial charge in [-0.2, -0.15) is 0 Å². The van der Waals surface area contributed by atoms with Gasteiger partial charge in [-0.1, -0.05) is 23.2 Å². The second-order valence-electron chi connectivity index (χ2n) is 6.38. The molecular formula is C15H23Cl2N3O. The number of β-amino-alcohol motifs (C(OH)–C–C–N with tert-alkyl or cyclic N) is 1. The molecule has 0 aromatic carbocycles. The van der Waals surface area contributed by atoms with Crippen LogP contribution >= 0.6 is 23.2 Å². The van der Waals surface area contributed by atoms with Gasteiger partial charge in [-0.3, -0.25) is 9.80 Å². The summed E-state index contributed by atoms with van der Waals surface area (Å²) in [5.74, 6) is 0. The smallest absolute Gasteiger partial charge is 0.135 e. The molecule has 1 aliphatic rings. The molecule has 1 aliphatic heterocycles. The van der Waals surface area contributed by atoms with E-state index in [1.54, 1.807) is 0 Å². The number of hydrogen-bond acceptors (Lipinski definition) is 4. The maximum Gasteiger partial charge on any atom is 0.135 e. The fraction of sp³-hybridized carbons (Fsp3) is 0.667. The summed E-state index contributed by atoms with van der Waals surface area (Å²) in [4.78, 5) is 8.88. The van der Waals surface area contributed by atoms with Crippen LogP contribution in [-0.2, 0) is 6.54 Å². The fourth-order valence-electron chi connectivity index (χ4n) is 2.64. The first kappa shape index (κ1) is 17.0. The van der Waals surface area contributed by atoms with Crippen LogP contribution in [0.5, 0.6) is 0 Å². The van der Waals surface area contributed by atoms with Crippen LogP contribution in [0.4, 0.5) is 0 Å². The third-order valence-corrected chi connectivity index (χ3v) is 4.25. The molecule has 2 rings (SSSR count). The van der Waals surface area contributed by atoms with Crippen LogP contribution in [0.3, 0.4) is 0 Å². The van der Waals surface area contributed by atoms with Crippen LogP contribution in [0.2, 0.25) is 10.2 Å².